The van der Waals surface area contributed by atoms with Crippen molar-refractivity contribution in [1.82, 2.24) is 15.0 Å². The van der Waals surface area contributed by atoms with Crippen molar-refractivity contribution in [2.45, 2.75) is 23.5 Å². The van der Waals surface area contributed by atoms with Gasteiger partial charge in [-0.1, -0.05) is 19.1 Å². The second-order valence-corrected chi connectivity index (χ2v) is 5.56. The second kappa shape index (κ2) is 6.05. The van der Waals surface area contributed by atoms with E-state index < -0.39 is 0 Å². The van der Waals surface area contributed by atoms with Gasteiger partial charge >= 0.3 is 0 Å². The molecule has 0 aliphatic rings. The lowest BCUT2D eigenvalue weighted by Gasteiger charge is -2.07. The Hall–Kier alpha value is -2.21. The summed E-state index contributed by atoms with van der Waals surface area (Å²) in [5, 5.41) is 1.60. The number of H-pyrrole nitrogens is 1. The maximum absolute atomic E-state index is 5.86. The fourth-order valence-corrected chi connectivity index (χ4v) is 2.65. The largest absolute Gasteiger partial charge is 0.476 e. The van der Waals surface area contributed by atoms with Crippen molar-refractivity contribution in [1.29, 1.82) is 0 Å². The summed E-state index contributed by atoms with van der Waals surface area (Å²) in [6.45, 7) is 2.65. The highest BCUT2D eigenvalue weighted by atomic mass is 32.2. The van der Waals surface area contributed by atoms with E-state index in [2.05, 4.69) is 15.0 Å². The highest BCUT2D eigenvalue weighted by molar-refractivity contribution is 7.99. The van der Waals surface area contributed by atoms with Crippen LogP contribution in [-0.2, 0) is 0 Å². The van der Waals surface area contributed by atoms with Gasteiger partial charge in [0.2, 0.25) is 5.88 Å². The monoisotopic (exact) mass is 300 g/mol. The van der Waals surface area contributed by atoms with Crippen molar-refractivity contribution in [2.75, 3.05) is 12.3 Å². The van der Waals surface area contributed by atoms with E-state index in [0.717, 1.165) is 27.6 Å². The number of pyridine rings is 1. The van der Waals surface area contributed by atoms with Crippen molar-refractivity contribution >= 4 is 28.5 Å². The highest BCUT2D eigenvalue weighted by Crippen LogP contribution is 2.29. The van der Waals surface area contributed by atoms with Gasteiger partial charge in [-0.25, -0.2) is 9.97 Å². The SMILES string of the molecule is CCCOc1nc(Sc2nc3ccccc3[nH]2)ccc1N. The molecule has 0 saturated heterocycles. The lowest BCUT2D eigenvalue weighted by atomic mass is 10.3. The molecule has 6 heteroatoms. The smallest absolute Gasteiger partial charge is 0.238 e. The van der Waals surface area contributed by atoms with E-state index in [4.69, 9.17) is 10.5 Å². The number of anilines is 1. The number of ether oxygens (including phenoxy) is 1. The molecule has 3 N–H and O–H groups in total. The van der Waals surface area contributed by atoms with Crippen LogP contribution in [-0.4, -0.2) is 21.6 Å². The third-order valence-corrected chi connectivity index (χ3v) is 3.70. The van der Waals surface area contributed by atoms with Crippen LogP contribution in [0, 0.1) is 0 Å². The van der Waals surface area contributed by atoms with Crippen molar-refractivity contribution in [2.24, 2.45) is 0 Å². The number of fused-ring (bicyclic) bond motifs is 1. The van der Waals surface area contributed by atoms with Gasteiger partial charge in [0.25, 0.3) is 0 Å². The molecule has 0 fully saturated rings. The van der Waals surface area contributed by atoms with Gasteiger partial charge < -0.3 is 15.5 Å². The summed E-state index contributed by atoms with van der Waals surface area (Å²) >= 11 is 1.46. The Kier molecular flexibility index (Phi) is 3.96. The topological polar surface area (TPSA) is 76.8 Å². The maximum Gasteiger partial charge on any atom is 0.238 e. The predicted octanol–water partition coefficient (Wildman–Crippen LogP) is 3.48. The average molecular weight is 300 g/mol. The quantitative estimate of drug-likeness (QED) is 0.754. The van der Waals surface area contributed by atoms with Gasteiger partial charge in [0.15, 0.2) is 5.16 Å². The summed E-state index contributed by atoms with van der Waals surface area (Å²) in [6.07, 6.45) is 0.919. The molecule has 0 aliphatic carbocycles. The fraction of sp³-hybridized carbons (Fsp3) is 0.200. The summed E-state index contributed by atoms with van der Waals surface area (Å²) in [6, 6.07) is 11.6. The molecule has 0 bridgehead atoms. The van der Waals surface area contributed by atoms with E-state index in [1.54, 1.807) is 0 Å². The van der Waals surface area contributed by atoms with Crippen LogP contribution in [0.1, 0.15) is 13.3 Å². The molecule has 0 radical (unpaired) electrons. The van der Waals surface area contributed by atoms with Gasteiger partial charge in [-0.2, -0.15) is 0 Å². The number of benzene rings is 1. The molecular weight excluding hydrogens is 284 g/mol. The lowest BCUT2D eigenvalue weighted by Crippen LogP contribution is -2.01. The summed E-state index contributed by atoms with van der Waals surface area (Å²) in [5.41, 5.74) is 8.37. The summed E-state index contributed by atoms with van der Waals surface area (Å²) in [4.78, 5) is 12.2. The minimum atomic E-state index is 0.484. The van der Waals surface area contributed by atoms with E-state index in [0.29, 0.717) is 18.2 Å². The van der Waals surface area contributed by atoms with Crippen LogP contribution in [0.5, 0.6) is 5.88 Å². The van der Waals surface area contributed by atoms with E-state index in [-0.39, 0.29) is 0 Å². The zero-order valence-corrected chi connectivity index (χ0v) is 12.5. The molecule has 0 saturated carbocycles. The van der Waals surface area contributed by atoms with Crippen LogP contribution in [0.25, 0.3) is 11.0 Å². The number of rotatable bonds is 5. The van der Waals surface area contributed by atoms with E-state index in [9.17, 15) is 0 Å². The molecule has 0 unspecified atom stereocenters. The normalized spacial score (nSPS) is 10.9. The molecule has 21 heavy (non-hydrogen) atoms. The van der Waals surface area contributed by atoms with Crippen LogP contribution >= 0.6 is 11.8 Å². The minimum absolute atomic E-state index is 0.484. The van der Waals surface area contributed by atoms with Crippen LogP contribution in [0.15, 0.2) is 46.6 Å². The van der Waals surface area contributed by atoms with Gasteiger partial charge in [0, 0.05) is 0 Å². The number of nitrogen functional groups attached to an aromatic ring is 1. The standard InChI is InChI=1S/C15H16N4OS/c1-2-9-20-14-10(16)7-8-13(19-14)21-15-17-11-5-3-4-6-12(11)18-15/h3-8H,2,9,16H2,1H3,(H,17,18). The van der Waals surface area contributed by atoms with Gasteiger partial charge in [-0.05, 0) is 42.4 Å². The number of nitrogens with zero attached hydrogens (tertiary/aromatic N) is 2. The van der Waals surface area contributed by atoms with Crippen molar-refractivity contribution in [3.05, 3.63) is 36.4 Å². The molecule has 108 valence electrons. The third-order valence-electron chi connectivity index (χ3n) is 2.88. The predicted molar refractivity (Wildman–Crippen MR) is 84.7 cm³/mol. The van der Waals surface area contributed by atoms with E-state index >= 15 is 0 Å². The molecule has 1 aromatic carbocycles. The van der Waals surface area contributed by atoms with Crippen LogP contribution in [0.2, 0.25) is 0 Å². The molecule has 2 aromatic heterocycles. The Labute approximate surface area is 126 Å². The molecule has 3 rings (SSSR count). The molecule has 0 atom stereocenters. The average Bonchev–Trinajstić information content (AvgIpc) is 2.90. The van der Waals surface area contributed by atoms with Gasteiger partial charge in [0.05, 0.1) is 23.3 Å². The second-order valence-electron chi connectivity index (χ2n) is 4.55. The number of nitrogens with two attached hydrogens (primary N) is 1. The number of para-hydroxylation sites is 2. The minimum Gasteiger partial charge on any atom is -0.476 e. The number of aromatic amines is 1. The van der Waals surface area contributed by atoms with Gasteiger partial charge in [-0.15, -0.1) is 0 Å². The zero-order valence-electron chi connectivity index (χ0n) is 11.7. The van der Waals surface area contributed by atoms with Crippen molar-refractivity contribution < 1.29 is 4.74 Å². The Morgan fingerprint density at radius 3 is 2.86 bits per heavy atom. The van der Waals surface area contributed by atoms with Crippen LogP contribution < -0.4 is 10.5 Å². The first-order valence-electron chi connectivity index (χ1n) is 6.78. The van der Waals surface area contributed by atoms with Crippen LogP contribution in [0.4, 0.5) is 5.69 Å². The van der Waals surface area contributed by atoms with Crippen LogP contribution in [0.3, 0.4) is 0 Å². The van der Waals surface area contributed by atoms with Crippen molar-refractivity contribution in [3.63, 3.8) is 0 Å². The Balaban J connectivity index is 1.83. The summed E-state index contributed by atoms with van der Waals surface area (Å²) in [7, 11) is 0. The number of imidazole rings is 1. The number of aromatic nitrogens is 3. The maximum atomic E-state index is 5.86. The zero-order chi connectivity index (χ0) is 14.7. The first-order chi connectivity index (χ1) is 10.3. The first-order valence-corrected chi connectivity index (χ1v) is 7.60. The molecule has 0 amide bonds. The Bertz CT molecular complexity index is 723. The van der Waals surface area contributed by atoms with E-state index in [1.165, 1.54) is 11.8 Å². The van der Waals surface area contributed by atoms with E-state index in [1.807, 2.05) is 43.3 Å². The number of hydrogen-bond donors (Lipinski definition) is 2. The summed E-state index contributed by atoms with van der Waals surface area (Å²) in [5.74, 6) is 0.484. The third kappa shape index (κ3) is 3.11. The van der Waals surface area contributed by atoms with Gasteiger partial charge in [0.1, 0.15) is 5.03 Å². The fourth-order valence-electron chi connectivity index (χ4n) is 1.88. The lowest BCUT2D eigenvalue weighted by molar-refractivity contribution is 0.305. The Morgan fingerprint density at radius 1 is 1.19 bits per heavy atom. The molecule has 0 spiro atoms. The Morgan fingerprint density at radius 2 is 2.05 bits per heavy atom. The number of nitrogens with one attached hydrogen (secondary N) is 1. The van der Waals surface area contributed by atoms with Crippen molar-refractivity contribution in [3.8, 4) is 5.88 Å². The highest BCUT2D eigenvalue weighted by Gasteiger charge is 2.08. The summed E-state index contributed by atoms with van der Waals surface area (Å²) < 4.78 is 5.54. The van der Waals surface area contributed by atoms with Gasteiger partial charge in [-0.3, -0.25) is 0 Å². The molecule has 3 aromatic rings. The molecule has 2 heterocycles. The molecule has 5 nitrogen and oxygen atoms in total. The molecule has 0 aliphatic heterocycles. The number of hydrogen-bond acceptors (Lipinski definition) is 5. The first kappa shape index (κ1) is 13.8. The molecular formula is C15H16N4OS.